The summed E-state index contributed by atoms with van der Waals surface area (Å²) in [6.07, 6.45) is 2.27. The summed E-state index contributed by atoms with van der Waals surface area (Å²) in [6.45, 7) is 2.33. The van der Waals surface area contributed by atoms with Crippen molar-refractivity contribution in [2.45, 2.75) is 31.2 Å². The van der Waals surface area contributed by atoms with Crippen molar-refractivity contribution >= 4 is 11.8 Å². The van der Waals surface area contributed by atoms with E-state index in [-0.39, 0.29) is 0 Å². The largest absolute Gasteiger partial charge is 0.530 e. The zero-order valence-electron chi connectivity index (χ0n) is 10.8. The molecular formula is C15H17N2O2-. The van der Waals surface area contributed by atoms with E-state index in [1.165, 1.54) is 28.1 Å². The molecule has 2 atom stereocenters. The second kappa shape index (κ2) is 3.89. The number of carbonyl (C=O) groups is 1. The molecule has 0 N–H and O–H groups in total. The lowest BCUT2D eigenvalue weighted by molar-refractivity contribution is -0.266. The Balaban J connectivity index is 1.76. The fourth-order valence-corrected chi connectivity index (χ4v) is 4.13. The first-order valence-electron chi connectivity index (χ1n) is 7.10. The van der Waals surface area contributed by atoms with E-state index in [9.17, 15) is 9.90 Å². The van der Waals surface area contributed by atoms with Gasteiger partial charge in [0.25, 0.3) is 0 Å². The molecule has 1 aromatic carbocycles. The summed E-state index contributed by atoms with van der Waals surface area (Å²) >= 11 is 0. The quantitative estimate of drug-likeness (QED) is 0.695. The molecule has 3 heterocycles. The van der Waals surface area contributed by atoms with Crippen LogP contribution in [0.2, 0.25) is 0 Å². The van der Waals surface area contributed by atoms with Crippen LogP contribution in [-0.2, 0) is 6.42 Å². The second-order valence-electron chi connectivity index (χ2n) is 5.83. The number of aryl methyl sites for hydroxylation is 1. The molecule has 4 rings (SSSR count). The molecule has 100 valence electrons. The van der Waals surface area contributed by atoms with Gasteiger partial charge in [-0.3, -0.25) is 0 Å². The fourth-order valence-electron chi connectivity index (χ4n) is 4.13. The summed E-state index contributed by atoms with van der Waals surface area (Å²) in [4.78, 5) is 15.1. The molecule has 0 spiro atoms. The Morgan fingerprint density at radius 3 is 3.05 bits per heavy atom. The maximum absolute atomic E-state index is 11.1. The van der Waals surface area contributed by atoms with Crippen molar-refractivity contribution < 1.29 is 9.90 Å². The average molecular weight is 257 g/mol. The summed E-state index contributed by atoms with van der Waals surface area (Å²) in [7, 11) is 0. The summed E-state index contributed by atoms with van der Waals surface area (Å²) in [6, 6.07) is 7.02. The van der Waals surface area contributed by atoms with Crippen LogP contribution in [0.3, 0.4) is 0 Å². The molecule has 4 nitrogen and oxygen atoms in total. The van der Waals surface area contributed by atoms with Gasteiger partial charge in [0.05, 0.1) is 0 Å². The topological polar surface area (TPSA) is 46.6 Å². The fraction of sp³-hybridized carbons (Fsp3) is 0.533. The van der Waals surface area contributed by atoms with Gasteiger partial charge in [-0.05, 0) is 30.4 Å². The monoisotopic (exact) mass is 257 g/mol. The Morgan fingerprint density at radius 1 is 1.32 bits per heavy atom. The third kappa shape index (κ3) is 1.49. The van der Waals surface area contributed by atoms with Crippen LogP contribution >= 0.6 is 0 Å². The highest BCUT2D eigenvalue weighted by atomic mass is 16.4. The predicted octanol–water partition coefficient (Wildman–Crippen LogP) is 0.954. The van der Waals surface area contributed by atoms with Gasteiger partial charge in [-0.1, -0.05) is 18.2 Å². The van der Waals surface area contributed by atoms with Crippen molar-refractivity contribution in [3.63, 3.8) is 0 Å². The van der Waals surface area contributed by atoms with Gasteiger partial charge in [-0.15, -0.1) is 0 Å². The molecule has 4 heteroatoms. The van der Waals surface area contributed by atoms with E-state index in [0.29, 0.717) is 25.0 Å². The number of carbonyl (C=O) groups excluding carboxylic acids is 1. The molecular weight excluding hydrogens is 240 g/mol. The number of likely N-dealkylation sites (tertiary alicyclic amines) is 1. The number of piperidine rings is 1. The van der Waals surface area contributed by atoms with E-state index in [4.69, 9.17) is 0 Å². The van der Waals surface area contributed by atoms with Crippen LogP contribution in [-0.4, -0.2) is 36.7 Å². The Kier molecular flexibility index (Phi) is 2.28. The molecule has 0 radical (unpaired) electrons. The summed E-state index contributed by atoms with van der Waals surface area (Å²) in [5.74, 6) is 0.333. The molecule has 0 saturated carbocycles. The average Bonchev–Trinajstić information content (AvgIpc) is 2.76. The van der Waals surface area contributed by atoms with E-state index in [0.717, 1.165) is 19.4 Å². The number of hydrogen-bond donors (Lipinski definition) is 0. The van der Waals surface area contributed by atoms with Crippen LogP contribution in [0, 0.1) is 0 Å². The number of amides is 1. The number of hydrogen-bond acceptors (Lipinski definition) is 3. The highest BCUT2D eigenvalue weighted by Crippen LogP contribution is 2.48. The molecule has 0 bridgehead atoms. The Bertz CT molecular complexity index is 543. The third-order valence-corrected chi connectivity index (χ3v) is 4.92. The molecule has 1 saturated heterocycles. The lowest BCUT2D eigenvalue weighted by Gasteiger charge is -2.41. The normalized spacial score (nSPS) is 28.0. The van der Waals surface area contributed by atoms with Crippen LogP contribution in [0.5, 0.6) is 0 Å². The van der Waals surface area contributed by atoms with E-state index < -0.39 is 6.09 Å². The predicted molar refractivity (Wildman–Crippen MR) is 70.2 cm³/mol. The van der Waals surface area contributed by atoms with E-state index >= 15 is 0 Å². The Labute approximate surface area is 112 Å². The maximum Gasteiger partial charge on any atom is 0.136 e. The van der Waals surface area contributed by atoms with Gasteiger partial charge in [-0.25, -0.2) is 0 Å². The molecule has 0 unspecified atom stereocenters. The first-order chi connectivity index (χ1) is 9.25. The molecule has 1 fully saturated rings. The number of para-hydroxylation sites is 1. The molecule has 3 aliphatic rings. The van der Waals surface area contributed by atoms with Crippen molar-refractivity contribution in [3.8, 4) is 0 Å². The summed E-state index contributed by atoms with van der Waals surface area (Å²) in [5.41, 5.74) is 4.20. The van der Waals surface area contributed by atoms with Crippen LogP contribution < -0.4 is 10.0 Å². The standard InChI is InChI=1S/C15H18N2O2/c18-15(19)16-8-6-13-12(9-16)11-5-1-3-10-4-2-7-17(13)14(10)11/h1,3,5,12-13H,2,4,6-9H2,(H,18,19)/p-1/t12-,13-/m0/s1. The number of nitrogens with zero attached hydrogens (tertiary/aromatic N) is 2. The molecule has 19 heavy (non-hydrogen) atoms. The van der Waals surface area contributed by atoms with Crippen LogP contribution in [0.15, 0.2) is 18.2 Å². The van der Waals surface area contributed by atoms with Gasteiger partial charge in [0.1, 0.15) is 6.09 Å². The number of rotatable bonds is 0. The van der Waals surface area contributed by atoms with Gasteiger partial charge < -0.3 is 19.7 Å². The minimum atomic E-state index is -1.02. The van der Waals surface area contributed by atoms with Crippen LogP contribution in [0.25, 0.3) is 0 Å². The Morgan fingerprint density at radius 2 is 2.21 bits per heavy atom. The lowest BCUT2D eigenvalue weighted by atomic mass is 9.89. The number of anilines is 1. The van der Waals surface area contributed by atoms with Crippen molar-refractivity contribution in [1.82, 2.24) is 4.90 Å². The van der Waals surface area contributed by atoms with Crippen LogP contribution in [0.1, 0.15) is 29.9 Å². The van der Waals surface area contributed by atoms with Gasteiger partial charge in [0.15, 0.2) is 0 Å². The summed E-state index contributed by atoms with van der Waals surface area (Å²) in [5, 5.41) is 11.1. The van der Waals surface area contributed by atoms with Crippen molar-refractivity contribution in [1.29, 1.82) is 0 Å². The van der Waals surface area contributed by atoms with E-state index in [1.54, 1.807) is 0 Å². The molecule has 1 amide bonds. The molecule has 1 aromatic rings. The molecule has 3 aliphatic heterocycles. The highest BCUT2D eigenvalue weighted by Gasteiger charge is 2.43. The van der Waals surface area contributed by atoms with Gasteiger partial charge in [0, 0.05) is 37.3 Å². The number of carboxylic acid groups (broad SMARTS) is 1. The number of fused-ring (bicyclic) bond motifs is 3. The SMILES string of the molecule is O=C([O-])N1CC[C@H]2[C@@H](C1)c1cccc3c1N2CCC3. The second-order valence-corrected chi connectivity index (χ2v) is 5.83. The van der Waals surface area contributed by atoms with Crippen LogP contribution in [0.4, 0.5) is 10.5 Å². The minimum absolute atomic E-state index is 0.333. The maximum atomic E-state index is 11.1. The lowest BCUT2D eigenvalue weighted by Crippen LogP contribution is -2.52. The molecule has 0 aliphatic carbocycles. The van der Waals surface area contributed by atoms with Gasteiger partial charge >= 0.3 is 0 Å². The van der Waals surface area contributed by atoms with Crippen molar-refractivity contribution in [2.75, 3.05) is 24.5 Å². The highest BCUT2D eigenvalue weighted by molar-refractivity contribution is 5.69. The summed E-state index contributed by atoms with van der Waals surface area (Å²) < 4.78 is 0. The first kappa shape index (κ1) is 11.1. The van der Waals surface area contributed by atoms with E-state index in [1.807, 2.05) is 0 Å². The minimum Gasteiger partial charge on any atom is -0.530 e. The van der Waals surface area contributed by atoms with Gasteiger partial charge in [0.2, 0.25) is 0 Å². The zero-order chi connectivity index (χ0) is 13.0. The zero-order valence-corrected chi connectivity index (χ0v) is 10.8. The smallest absolute Gasteiger partial charge is 0.136 e. The molecule has 0 aromatic heterocycles. The van der Waals surface area contributed by atoms with E-state index in [2.05, 4.69) is 23.1 Å². The number of benzene rings is 1. The van der Waals surface area contributed by atoms with Crippen molar-refractivity contribution in [3.05, 3.63) is 29.3 Å². The van der Waals surface area contributed by atoms with Crippen molar-refractivity contribution in [2.24, 2.45) is 0 Å². The first-order valence-corrected chi connectivity index (χ1v) is 7.10. The Hall–Kier alpha value is -1.71. The van der Waals surface area contributed by atoms with Gasteiger partial charge in [-0.2, -0.15) is 0 Å². The third-order valence-electron chi connectivity index (χ3n) is 4.92.